The van der Waals surface area contributed by atoms with Gasteiger partial charge in [0.2, 0.25) is 0 Å². The predicted molar refractivity (Wildman–Crippen MR) is 133 cm³/mol. The number of aromatic nitrogens is 3. The first-order chi connectivity index (χ1) is 16.1. The summed E-state index contributed by atoms with van der Waals surface area (Å²) in [7, 11) is 0. The molecular weight excluding hydrogens is 412 g/mol. The summed E-state index contributed by atoms with van der Waals surface area (Å²) in [6.45, 7) is 5.27. The lowest BCUT2D eigenvalue weighted by molar-refractivity contribution is 0.0951. The van der Waals surface area contributed by atoms with Crippen molar-refractivity contribution >= 4 is 23.1 Å². The Morgan fingerprint density at radius 2 is 1.82 bits per heavy atom. The Morgan fingerprint density at radius 3 is 2.52 bits per heavy atom. The Labute approximate surface area is 195 Å². The van der Waals surface area contributed by atoms with Gasteiger partial charge >= 0.3 is 0 Å². The van der Waals surface area contributed by atoms with Gasteiger partial charge in [-0.25, -0.2) is 9.50 Å². The van der Waals surface area contributed by atoms with E-state index in [4.69, 9.17) is 10.1 Å². The van der Waals surface area contributed by atoms with E-state index >= 15 is 0 Å². The van der Waals surface area contributed by atoms with Crippen molar-refractivity contribution in [2.45, 2.75) is 70.9 Å². The highest BCUT2D eigenvalue weighted by atomic mass is 16.1. The molecule has 7 heteroatoms. The van der Waals surface area contributed by atoms with Gasteiger partial charge in [-0.3, -0.25) is 4.79 Å². The number of hydrogen-bond acceptors (Lipinski definition) is 5. The SMILES string of the molecule is CC(C)CNc1cc(NC2CCCCC2)nn2c(-c3ccc(C(=O)NC4CC4)cc3)cnc12. The predicted octanol–water partition coefficient (Wildman–Crippen LogP) is 5.10. The molecule has 1 amide bonds. The number of carbonyl (C=O) groups is 1. The van der Waals surface area contributed by atoms with Crippen molar-refractivity contribution < 1.29 is 4.79 Å². The minimum Gasteiger partial charge on any atom is -0.382 e. The number of nitrogens with one attached hydrogen (secondary N) is 3. The van der Waals surface area contributed by atoms with E-state index < -0.39 is 0 Å². The van der Waals surface area contributed by atoms with E-state index in [1.807, 2.05) is 35.0 Å². The van der Waals surface area contributed by atoms with Gasteiger partial charge in [0.25, 0.3) is 5.91 Å². The first-order valence-electron chi connectivity index (χ1n) is 12.4. The topological polar surface area (TPSA) is 83.3 Å². The lowest BCUT2D eigenvalue weighted by atomic mass is 9.95. The van der Waals surface area contributed by atoms with Gasteiger partial charge in [0.1, 0.15) is 5.82 Å². The second kappa shape index (κ2) is 9.41. The molecule has 3 aromatic rings. The molecule has 1 aromatic carbocycles. The molecule has 0 atom stereocenters. The number of anilines is 2. The van der Waals surface area contributed by atoms with Crippen LogP contribution in [0.25, 0.3) is 16.9 Å². The molecule has 0 spiro atoms. The third-order valence-electron chi connectivity index (χ3n) is 6.48. The molecule has 33 heavy (non-hydrogen) atoms. The molecule has 0 aliphatic heterocycles. The number of imidazole rings is 1. The minimum absolute atomic E-state index is 0.000503. The Morgan fingerprint density at radius 1 is 1.06 bits per heavy atom. The molecule has 2 aliphatic rings. The largest absolute Gasteiger partial charge is 0.382 e. The van der Waals surface area contributed by atoms with Crippen LogP contribution in [0.1, 0.15) is 69.2 Å². The summed E-state index contributed by atoms with van der Waals surface area (Å²) in [5, 5.41) is 15.2. The van der Waals surface area contributed by atoms with Crippen LogP contribution in [-0.4, -0.2) is 39.1 Å². The van der Waals surface area contributed by atoms with Crippen molar-refractivity contribution in [2.24, 2.45) is 5.92 Å². The van der Waals surface area contributed by atoms with Crippen LogP contribution in [0.5, 0.6) is 0 Å². The molecule has 0 bridgehead atoms. The van der Waals surface area contributed by atoms with E-state index in [2.05, 4.69) is 35.9 Å². The van der Waals surface area contributed by atoms with Gasteiger partial charge in [0.15, 0.2) is 5.65 Å². The second-order valence-corrected chi connectivity index (χ2v) is 9.90. The zero-order valence-electron chi connectivity index (χ0n) is 19.6. The molecule has 5 rings (SSSR count). The standard InChI is InChI=1S/C26H34N6O/c1-17(2)15-27-22-14-24(29-20-6-4-3-5-7-20)31-32-23(16-28-25(22)32)18-8-10-19(11-9-18)26(33)30-21-12-13-21/h8-11,14,16-17,20-21,27H,3-7,12-13,15H2,1-2H3,(H,29,31)(H,30,33). The van der Waals surface area contributed by atoms with Crippen LogP contribution in [0.3, 0.4) is 0 Å². The normalized spacial score (nSPS) is 16.8. The van der Waals surface area contributed by atoms with E-state index in [0.717, 1.165) is 47.8 Å². The Kier molecular flexibility index (Phi) is 6.20. The molecule has 0 saturated heterocycles. The Bertz CT molecular complexity index is 1110. The van der Waals surface area contributed by atoms with Gasteiger partial charge in [0.05, 0.1) is 17.6 Å². The summed E-state index contributed by atoms with van der Waals surface area (Å²) in [5.41, 5.74) is 4.40. The first kappa shape index (κ1) is 21.7. The van der Waals surface area contributed by atoms with Crippen molar-refractivity contribution in [1.29, 1.82) is 0 Å². The smallest absolute Gasteiger partial charge is 0.251 e. The molecule has 2 heterocycles. The average molecular weight is 447 g/mol. The number of benzene rings is 1. The summed E-state index contributed by atoms with van der Waals surface area (Å²) in [6, 6.07) is 10.6. The number of rotatable bonds is 8. The molecule has 2 saturated carbocycles. The molecule has 2 aliphatic carbocycles. The molecule has 174 valence electrons. The van der Waals surface area contributed by atoms with E-state index in [1.54, 1.807) is 0 Å². The Hall–Kier alpha value is -3.09. The highest BCUT2D eigenvalue weighted by Crippen LogP contribution is 2.28. The van der Waals surface area contributed by atoms with Crippen molar-refractivity contribution in [3.05, 3.63) is 42.1 Å². The van der Waals surface area contributed by atoms with E-state index in [1.165, 1.54) is 32.1 Å². The van der Waals surface area contributed by atoms with E-state index in [9.17, 15) is 4.79 Å². The van der Waals surface area contributed by atoms with Crippen molar-refractivity contribution in [3.63, 3.8) is 0 Å². The molecule has 0 unspecified atom stereocenters. The maximum atomic E-state index is 12.4. The second-order valence-electron chi connectivity index (χ2n) is 9.90. The zero-order chi connectivity index (χ0) is 22.8. The molecule has 2 fully saturated rings. The van der Waals surface area contributed by atoms with Gasteiger partial charge < -0.3 is 16.0 Å². The molecular formula is C26H34N6O. The lowest BCUT2D eigenvalue weighted by Crippen LogP contribution is -2.25. The van der Waals surface area contributed by atoms with Crippen LogP contribution < -0.4 is 16.0 Å². The quantitative estimate of drug-likeness (QED) is 0.448. The van der Waals surface area contributed by atoms with Crippen LogP contribution >= 0.6 is 0 Å². The number of amides is 1. The number of fused-ring (bicyclic) bond motifs is 1. The minimum atomic E-state index is -0.000503. The number of hydrogen-bond donors (Lipinski definition) is 3. The third-order valence-corrected chi connectivity index (χ3v) is 6.48. The van der Waals surface area contributed by atoms with Crippen molar-refractivity contribution in [3.8, 4) is 11.3 Å². The molecule has 0 radical (unpaired) electrons. The maximum absolute atomic E-state index is 12.4. The maximum Gasteiger partial charge on any atom is 0.251 e. The van der Waals surface area contributed by atoms with Gasteiger partial charge in [0, 0.05) is 35.8 Å². The molecule has 2 aromatic heterocycles. The summed E-state index contributed by atoms with van der Waals surface area (Å²) in [6.07, 6.45) is 10.3. The lowest BCUT2D eigenvalue weighted by Gasteiger charge is -2.23. The molecule has 7 nitrogen and oxygen atoms in total. The highest BCUT2D eigenvalue weighted by Gasteiger charge is 2.24. The van der Waals surface area contributed by atoms with Crippen LogP contribution in [0.4, 0.5) is 11.5 Å². The van der Waals surface area contributed by atoms with Gasteiger partial charge in [-0.2, -0.15) is 0 Å². The fraction of sp³-hybridized carbons (Fsp3) is 0.500. The number of carbonyl (C=O) groups excluding carboxylic acids is 1. The van der Waals surface area contributed by atoms with Gasteiger partial charge in [-0.15, -0.1) is 5.10 Å². The highest BCUT2D eigenvalue weighted by molar-refractivity contribution is 5.95. The summed E-state index contributed by atoms with van der Waals surface area (Å²) in [5.74, 6) is 1.40. The van der Waals surface area contributed by atoms with Gasteiger partial charge in [-0.1, -0.05) is 45.2 Å². The fourth-order valence-electron chi connectivity index (χ4n) is 4.42. The average Bonchev–Trinajstić information content (AvgIpc) is 3.53. The summed E-state index contributed by atoms with van der Waals surface area (Å²) in [4.78, 5) is 17.0. The van der Waals surface area contributed by atoms with E-state index in [-0.39, 0.29) is 5.91 Å². The van der Waals surface area contributed by atoms with Crippen LogP contribution in [0.2, 0.25) is 0 Å². The summed E-state index contributed by atoms with van der Waals surface area (Å²) >= 11 is 0. The van der Waals surface area contributed by atoms with Crippen LogP contribution in [0, 0.1) is 5.92 Å². The first-order valence-corrected chi connectivity index (χ1v) is 12.4. The Balaban J connectivity index is 1.45. The third kappa shape index (κ3) is 5.13. The van der Waals surface area contributed by atoms with Gasteiger partial charge in [-0.05, 0) is 43.7 Å². The van der Waals surface area contributed by atoms with E-state index in [0.29, 0.717) is 23.6 Å². The van der Waals surface area contributed by atoms with Crippen molar-refractivity contribution in [1.82, 2.24) is 19.9 Å². The summed E-state index contributed by atoms with van der Waals surface area (Å²) < 4.78 is 1.92. The number of nitrogens with zero attached hydrogens (tertiary/aromatic N) is 3. The molecule has 3 N–H and O–H groups in total. The zero-order valence-corrected chi connectivity index (χ0v) is 19.6. The van der Waals surface area contributed by atoms with Crippen LogP contribution in [-0.2, 0) is 0 Å². The fourth-order valence-corrected chi connectivity index (χ4v) is 4.42. The van der Waals surface area contributed by atoms with Crippen molar-refractivity contribution in [2.75, 3.05) is 17.2 Å². The van der Waals surface area contributed by atoms with Crippen LogP contribution in [0.15, 0.2) is 36.5 Å². The monoisotopic (exact) mass is 446 g/mol.